The van der Waals surface area contributed by atoms with E-state index >= 15 is 0 Å². The maximum Gasteiger partial charge on any atom is 0.251 e. The van der Waals surface area contributed by atoms with Gasteiger partial charge in [-0.1, -0.05) is 0 Å². The summed E-state index contributed by atoms with van der Waals surface area (Å²) >= 11 is 0. The zero-order valence-electron chi connectivity index (χ0n) is 9.78. The third-order valence-electron chi connectivity index (χ3n) is 2.41. The molecule has 1 heterocycles. The summed E-state index contributed by atoms with van der Waals surface area (Å²) < 4.78 is 39.1. The lowest BCUT2D eigenvalue weighted by Crippen LogP contribution is -2.02. The monoisotopic (exact) mass is 274 g/mol. The molecular weight excluding hydrogens is 269 g/mol. The number of rotatable bonds is 2. The van der Waals surface area contributed by atoms with Gasteiger partial charge in [0.2, 0.25) is 0 Å². The molecule has 98 valence electrons. The SMILES string of the molecule is N#Cc1ccc(Nc2nc(F)c(F)cc2F)cc1C#N. The van der Waals surface area contributed by atoms with Gasteiger partial charge in [0, 0.05) is 11.8 Å². The topological polar surface area (TPSA) is 72.5 Å². The number of aromatic nitrogens is 1. The van der Waals surface area contributed by atoms with Crippen molar-refractivity contribution >= 4 is 11.5 Å². The molecule has 4 nitrogen and oxygen atoms in total. The molecule has 1 aromatic carbocycles. The smallest absolute Gasteiger partial charge is 0.251 e. The normalized spacial score (nSPS) is 9.65. The molecule has 2 rings (SSSR count). The van der Waals surface area contributed by atoms with Crippen LogP contribution in [0.3, 0.4) is 0 Å². The Morgan fingerprint density at radius 2 is 1.65 bits per heavy atom. The van der Waals surface area contributed by atoms with Crippen LogP contribution in [-0.2, 0) is 0 Å². The van der Waals surface area contributed by atoms with Gasteiger partial charge in [0.15, 0.2) is 17.5 Å². The summed E-state index contributed by atoms with van der Waals surface area (Å²) in [7, 11) is 0. The summed E-state index contributed by atoms with van der Waals surface area (Å²) in [5, 5.41) is 20.0. The van der Waals surface area contributed by atoms with Crippen LogP contribution in [0, 0.1) is 40.2 Å². The second kappa shape index (κ2) is 5.29. The number of benzene rings is 1. The molecule has 0 spiro atoms. The van der Waals surface area contributed by atoms with Crippen molar-refractivity contribution in [3.05, 3.63) is 53.0 Å². The van der Waals surface area contributed by atoms with Crippen molar-refractivity contribution in [2.24, 2.45) is 0 Å². The number of anilines is 2. The molecule has 0 amide bonds. The van der Waals surface area contributed by atoms with Gasteiger partial charge in [0.05, 0.1) is 11.1 Å². The third kappa shape index (κ3) is 2.52. The van der Waals surface area contributed by atoms with Gasteiger partial charge in [-0.2, -0.15) is 19.9 Å². The standard InChI is InChI=1S/C13H5F3N4/c14-10-4-11(15)13(20-12(10)16)19-9-2-1-7(5-17)8(3-9)6-18/h1-4H,(H,19,20). The molecule has 0 saturated heterocycles. The van der Waals surface area contributed by atoms with E-state index in [2.05, 4.69) is 10.3 Å². The number of hydrogen-bond acceptors (Lipinski definition) is 4. The molecule has 1 aromatic heterocycles. The maximum atomic E-state index is 13.4. The zero-order valence-corrected chi connectivity index (χ0v) is 9.78. The van der Waals surface area contributed by atoms with Gasteiger partial charge in [-0.15, -0.1) is 0 Å². The second-order valence-electron chi connectivity index (χ2n) is 3.70. The molecule has 0 radical (unpaired) electrons. The molecular formula is C13H5F3N4. The summed E-state index contributed by atoms with van der Waals surface area (Å²) in [6.07, 6.45) is 0. The lowest BCUT2D eigenvalue weighted by atomic mass is 10.1. The lowest BCUT2D eigenvalue weighted by molar-refractivity contribution is 0.467. The number of nitriles is 2. The van der Waals surface area contributed by atoms with Crippen LogP contribution in [0.15, 0.2) is 24.3 Å². The Labute approximate surface area is 111 Å². The molecule has 0 saturated carbocycles. The highest BCUT2D eigenvalue weighted by molar-refractivity contribution is 5.62. The van der Waals surface area contributed by atoms with Crippen LogP contribution in [0.2, 0.25) is 0 Å². The van der Waals surface area contributed by atoms with E-state index in [1.54, 1.807) is 6.07 Å². The van der Waals surface area contributed by atoms with Gasteiger partial charge in [-0.05, 0) is 18.2 Å². The van der Waals surface area contributed by atoms with Crippen molar-refractivity contribution in [2.75, 3.05) is 5.32 Å². The van der Waals surface area contributed by atoms with E-state index in [1.807, 2.05) is 6.07 Å². The third-order valence-corrected chi connectivity index (χ3v) is 2.41. The summed E-state index contributed by atoms with van der Waals surface area (Å²) in [5.74, 6) is -4.43. The van der Waals surface area contributed by atoms with Crippen molar-refractivity contribution in [1.82, 2.24) is 4.98 Å². The first-order valence-corrected chi connectivity index (χ1v) is 5.28. The summed E-state index contributed by atoms with van der Waals surface area (Å²) in [5.41, 5.74) is 0.440. The van der Waals surface area contributed by atoms with Crippen LogP contribution < -0.4 is 5.32 Å². The summed E-state index contributed by atoms with van der Waals surface area (Å²) in [6, 6.07) is 7.99. The molecule has 0 fully saturated rings. The molecule has 0 aliphatic rings. The van der Waals surface area contributed by atoms with Crippen molar-refractivity contribution in [3.63, 3.8) is 0 Å². The largest absolute Gasteiger partial charge is 0.338 e. The lowest BCUT2D eigenvalue weighted by Gasteiger charge is -2.07. The van der Waals surface area contributed by atoms with Crippen LogP contribution in [0.4, 0.5) is 24.7 Å². The van der Waals surface area contributed by atoms with Gasteiger partial charge in [-0.3, -0.25) is 0 Å². The predicted octanol–water partition coefficient (Wildman–Crippen LogP) is 2.99. The van der Waals surface area contributed by atoms with Crippen LogP contribution >= 0.6 is 0 Å². The molecule has 0 atom stereocenters. The molecule has 0 aliphatic heterocycles. The fraction of sp³-hybridized carbons (Fsp3) is 0. The van der Waals surface area contributed by atoms with Crippen LogP contribution in [-0.4, -0.2) is 4.98 Å². The highest BCUT2D eigenvalue weighted by atomic mass is 19.2. The maximum absolute atomic E-state index is 13.4. The van der Waals surface area contributed by atoms with E-state index < -0.39 is 23.4 Å². The van der Waals surface area contributed by atoms with Gasteiger partial charge in [-0.25, -0.2) is 8.78 Å². The fourth-order valence-corrected chi connectivity index (χ4v) is 1.48. The van der Waals surface area contributed by atoms with E-state index in [-0.39, 0.29) is 16.8 Å². The molecule has 0 aliphatic carbocycles. The van der Waals surface area contributed by atoms with Crippen molar-refractivity contribution in [1.29, 1.82) is 10.5 Å². The van der Waals surface area contributed by atoms with Gasteiger partial charge < -0.3 is 5.32 Å². The first-order valence-electron chi connectivity index (χ1n) is 5.28. The van der Waals surface area contributed by atoms with E-state index in [0.29, 0.717) is 6.07 Å². The average Bonchev–Trinajstić information content (AvgIpc) is 2.44. The fourth-order valence-electron chi connectivity index (χ4n) is 1.48. The van der Waals surface area contributed by atoms with E-state index in [9.17, 15) is 13.2 Å². The molecule has 2 aromatic rings. The number of nitrogens with zero attached hydrogens (tertiary/aromatic N) is 3. The Morgan fingerprint density at radius 3 is 2.30 bits per heavy atom. The minimum absolute atomic E-state index is 0.0699. The Balaban J connectivity index is 2.39. The van der Waals surface area contributed by atoms with E-state index in [0.717, 1.165) is 0 Å². The van der Waals surface area contributed by atoms with Gasteiger partial charge in [0.25, 0.3) is 5.95 Å². The molecule has 1 N–H and O–H groups in total. The second-order valence-corrected chi connectivity index (χ2v) is 3.70. The van der Waals surface area contributed by atoms with Crippen molar-refractivity contribution < 1.29 is 13.2 Å². The Morgan fingerprint density at radius 1 is 0.950 bits per heavy atom. The molecule has 0 unspecified atom stereocenters. The Hall–Kier alpha value is -3.06. The Bertz CT molecular complexity index is 759. The predicted molar refractivity (Wildman–Crippen MR) is 63.3 cm³/mol. The zero-order chi connectivity index (χ0) is 14.7. The Kier molecular flexibility index (Phi) is 3.54. The summed E-state index contributed by atoms with van der Waals surface area (Å²) in [6.45, 7) is 0. The molecule has 0 bridgehead atoms. The van der Waals surface area contributed by atoms with Crippen LogP contribution in [0.25, 0.3) is 0 Å². The first-order chi connectivity index (χ1) is 9.55. The van der Waals surface area contributed by atoms with E-state index in [4.69, 9.17) is 10.5 Å². The van der Waals surface area contributed by atoms with Gasteiger partial charge >= 0.3 is 0 Å². The first kappa shape index (κ1) is 13.4. The minimum Gasteiger partial charge on any atom is -0.338 e. The highest BCUT2D eigenvalue weighted by Gasteiger charge is 2.12. The van der Waals surface area contributed by atoms with Crippen molar-refractivity contribution in [3.8, 4) is 12.1 Å². The van der Waals surface area contributed by atoms with E-state index in [1.165, 1.54) is 18.2 Å². The summed E-state index contributed by atoms with van der Waals surface area (Å²) in [4.78, 5) is 3.09. The number of hydrogen-bond donors (Lipinski definition) is 1. The quantitative estimate of drug-likeness (QED) is 0.854. The number of halogens is 3. The van der Waals surface area contributed by atoms with Crippen LogP contribution in [0.5, 0.6) is 0 Å². The number of nitrogens with one attached hydrogen (secondary N) is 1. The molecule has 20 heavy (non-hydrogen) atoms. The van der Waals surface area contributed by atoms with Crippen LogP contribution in [0.1, 0.15) is 11.1 Å². The molecule has 7 heteroatoms. The van der Waals surface area contributed by atoms with Gasteiger partial charge in [0.1, 0.15) is 12.1 Å². The average molecular weight is 274 g/mol. The number of pyridine rings is 1. The van der Waals surface area contributed by atoms with Crippen molar-refractivity contribution in [2.45, 2.75) is 0 Å². The highest BCUT2D eigenvalue weighted by Crippen LogP contribution is 2.21. The minimum atomic E-state index is -1.44.